The molecule has 0 aromatic carbocycles. The van der Waals surface area contributed by atoms with Gasteiger partial charge in [-0.3, -0.25) is 4.57 Å². The van der Waals surface area contributed by atoms with Gasteiger partial charge in [-0.15, -0.1) is 0 Å². The summed E-state index contributed by atoms with van der Waals surface area (Å²) in [5, 5.41) is 0. The van der Waals surface area contributed by atoms with E-state index in [-0.39, 0.29) is 0 Å². The van der Waals surface area contributed by atoms with Crippen molar-refractivity contribution in [2.75, 3.05) is 13.2 Å². The Balaban J connectivity index is 3.48. The first-order chi connectivity index (χ1) is 14.7. The van der Waals surface area contributed by atoms with E-state index in [0.29, 0.717) is 13.2 Å². The first-order valence-electron chi connectivity index (χ1n) is 13.2. The third-order valence-corrected chi connectivity index (χ3v) is 7.29. The molecule has 0 heterocycles. The highest BCUT2D eigenvalue weighted by Gasteiger charge is 2.19. The molecule has 0 unspecified atom stereocenters. The summed E-state index contributed by atoms with van der Waals surface area (Å²) < 4.78 is 23.7. The maximum atomic E-state index is 12.5. The minimum Gasteiger partial charge on any atom is -0.306 e. The van der Waals surface area contributed by atoms with E-state index >= 15 is 0 Å². The number of hydrogen-bond donors (Lipinski definition) is 0. The van der Waals surface area contributed by atoms with Crippen molar-refractivity contribution in [1.29, 1.82) is 0 Å². The van der Waals surface area contributed by atoms with Crippen LogP contribution in [-0.2, 0) is 13.6 Å². The second kappa shape index (κ2) is 23.6. The van der Waals surface area contributed by atoms with Crippen molar-refractivity contribution in [3.63, 3.8) is 0 Å². The van der Waals surface area contributed by atoms with Gasteiger partial charge in [0.25, 0.3) is 0 Å². The maximum Gasteiger partial charge on any atom is 0.353 e. The molecule has 0 aliphatic heterocycles. The summed E-state index contributed by atoms with van der Waals surface area (Å²) in [7, 11) is -3.09. The number of rotatable bonds is 25. The Kier molecular flexibility index (Phi) is 23.5. The van der Waals surface area contributed by atoms with Crippen molar-refractivity contribution in [3.8, 4) is 0 Å². The van der Waals surface area contributed by atoms with Crippen LogP contribution in [0.5, 0.6) is 0 Å². The molecule has 180 valence electrons. The van der Waals surface area contributed by atoms with Crippen LogP contribution in [-0.4, -0.2) is 13.2 Å². The lowest BCUT2D eigenvalue weighted by molar-refractivity contribution is 0.205. The van der Waals surface area contributed by atoms with Crippen LogP contribution < -0.4 is 0 Å². The summed E-state index contributed by atoms with van der Waals surface area (Å²) in [6.45, 7) is 9.20. The van der Waals surface area contributed by atoms with Crippen molar-refractivity contribution in [2.24, 2.45) is 0 Å². The van der Waals surface area contributed by atoms with Crippen LogP contribution in [0.2, 0.25) is 0 Å². The number of hydrogen-bond acceptors (Lipinski definition) is 3. The minimum absolute atomic E-state index is 0.512. The molecule has 0 aliphatic rings. The summed E-state index contributed by atoms with van der Waals surface area (Å²) in [5.41, 5.74) is 0. The molecular formula is C26H53O3P. The van der Waals surface area contributed by atoms with Gasteiger partial charge in [0.05, 0.1) is 13.2 Å². The van der Waals surface area contributed by atoms with Gasteiger partial charge in [0.1, 0.15) is 0 Å². The molecule has 0 aromatic heterocycles. The average molecular weight is 445 g/mol. The monoisotopic (exact) mass is 444 g/mol. The maximum absolute atomic E-state index is 12.5. The van der Waals surface area contributed by atoms with Crippen LogP contribution in [0.1, 0.15) is 142 Å². The highest BCUT2D eigenvalue weighted by atomic mass is 31.2. The van der Waals surface area contributed by atoms with Crippen molar-refractivity contribution in [3.05, 3.63) is 12.4 Å². The van der Waals surface area contributed by atoms with Crippen LogP contribution in [0.4, 0.5) is 0 Å². The molecule has 4 heteroatoms. The van der Waals surface area contributed by atoms with E-state index in [2.05, 4.69) is 20.4 Å². The standard InChI is InChI=1S/C26H53O3P/c1-4-7-9-11-13-15-17-19-21-23-25-28-30(27,6-3)29-26-24-22-20-18-16-14-12-10-8-5-2/h6H,3-5,7-26H2,1-2H3. The second-order valence-electron chi connectivity index (χ2n) is 8.75. The molecule has 0 amide bonds. The first kappa shape index (κ1) is 29.9. The predicted octanol–water partition coefficient (Wildman–Crippen LogP) is 10.2. The molecule has 0 radical (unpaired) electrons. The lowest BCUT2D eigenvalue weighted by Crippen LogP contribution is -1.98. The van der Waals surface area contributed by atoms with Crippen molar-refractivity contribution < 1.29 is 13.6 Å². The SMILES string of the molecule is C=CP(=O)(OCCCCCCCCCCCC)OCCCCCCCCCCCC. The Labute approximate surface area is 189 Å². The molecular weight excluding hydrogens is 391 g/mol. The highest BCUT2D eigenvalue weighted by Crippen LogP contribution is 2.49. The van der Waals surface area contributed by atoms with Gasteiger partial charge in [0, 0.05) is 5.82 Å². The smallest absolute Gasteiger partial charge is 0.306 e. The molecule has 0 saturated heterocycles. The zero-order valence-corrected chi connectivity index (χ0v) is 21.4. The van der Waals surface area contributed by atoms with Gasteiger partial charge in [0.2, 0.25) is 0 Å². The van der Waals surface area contributed by atoms with Gasteiger partial charge in [-0.2, -0.15) is 0 Å². The zero-order chi connectivity index (χ0) is 22.2. The fourth-order valence-corrected chi connectivity index (χ4v) is 4.76. The van der Waals surface area contributed by atoms with Gasteiger partial charge >= 0.3 is 7.60 Å². The molecule has 0 saturated carbocycles. The van der Waals surface area contributed by atoms with Crippen molar-refractivity contribution >= 4 is 7.60 Å². The highest BCUT2D eigenvalue weighted by molar-refractivity contribution is 7.57. The van der Waals surface area contributed by atoms with Crippen molar-refractivity contribution in [1.82, 2.24) is 0 Å². The molecule has 0 rings (SSSR count). The Morgan fingerprint density at radius 2 is 0.800 bits per heavy atom. The van der Waals surface area contributed by atoms with E-state index in [0.717, 1.165) is 25.7 Å². The third-order valence-electron chi connectivity index (χ3n) is 5.76. The average Bonchev–Trinajstić information content (AvgIpc) is 2.76. The lowest BCUT2D eigenvalue weighted by atomic mass is 10.1. The van der Waals surface area contributed by atoms with Gasteiger partial charge in [-0.25, -0.2) is 0 Å². The molecule has 0 fully saturated rings. The van der Waals surface area contributed by atoms with Crippen LogP contribution in [0, 0.1) is 0 Å². The van der Waals surface area contributed by atoms with Gasteiger partial charge < -0.3 is 9.05 Å². The van der Waals surface area contributed by atoms with Gasteiger partial charge in [-0.05, 0) is 12.8 Å². The van der Waals surface area contributed by atoms with Gasteiger partial charge in [0.15, 0.2) is 0 Å². The van der Waals surface area contributed by atoms with E-state index in [9.17, 15) is 4.57 Å². The van der Waals surface area contributed by atoms with E-state index in [1.165, 1.54) is 109 Å². The van der Waals surface area contributed by atoms with Crippen LogP contribution in [0.15, 0.2) is 12.4 Å². The zero-order valence-electron chi connectivity index (χ0n) is 20.5. The molecule has 0 aliphatic carbocycles. The topological polar surface area (TPSA) is 35.5 Å². The molecule has 0 N–H and O–H groups in total. The number of unbranched alkanes of at least 4 members (excludes halogenated alkanes) is 18. The fourth-order valence-electron chi connectivity index (χ4n) is 3.71. The first-order valence-corrected chi connectivity index (χ1v) is 14.8. The lowest BCUT2D eigenvalue weighted by Gasteiger charge is -2.15. The summed E-state index contributed by atoms with van der Waals surface area (Å²) in [6, 6.07) is 0. The summed E-state index contributed by atoms with van der Waals surface area (Å²) in [4.78, 5) is 0. The van der Waals surface area contributed by atoms with Crippen LogP contribution in [0.3, 0.4) is 0 Å². The van der Waals surface area contributed by atoms with E-state index < -0.39 is 7.60 Å². The van der Waals surface area contributed by atoms with E-state index in [1.807, 2.05) is 0 Å². The largest absolute Gasteiger partial charge is 0.353 e. The quantitative estimate of drug-likeness (QED) is 0.104. The molecule has 3 nitrogen and oxygen atoms in total. The molecule has 0 spiro atoms. The molecule has 30 heavy (non-hydrogen) atoms. The Bertz CT molecular complexity index is 368. The predicted molar refractivity (Wildman–Crippen MR) is 133 cm³/mol. The Morgan fingerprint density at radius 1 is 0.533 bits per heavy atom. The van der Waals surface area contributed by atoms with Gasteiger partial charge in [-0.1, -0.05) is 136 Å². The summed E-state index contributed by atoms with van der Waals surface area (Å²) in [6.07, 6.45) is 25.7. The summed E-state index contributed by atoms with van der Waals surface area (Å²) >= 11 is 0. The summed E-state index contributed by atoms with van der Waals surface area (Å²) in [5.74, 6) is 1.37. The minimum atomic E-state index is -3.09. The normalized spacial score (nSPS) is 11.8. The van der Waals surface area contributed by atoms with E-state index in [4.69, 9.17) is 9.05 Å². The molecule has 0 atom stereocenters. The van der Waals surface area contributed by atoms with Crippen molar-refractivity contribution in [2.45, 2.75) is 142 Å². The fraction of sp³-hybridized carbons (Fsp3) is 0.923. The van der Waals surface area contributed by atoms with E-state index in [1.54, 1.807) is 0 Å². The Hall–Kier alpha value is -0.110. The van der Waals surface area contributed by atoms with Crippen LogP contribution in [0.25, 0.3) is 0 Å². The second-order valence-corrected chi connectivity index (χ2v) is 10.7. The van der Waals surface area contributed by atoms with Crippen LogP contribution >= 0.6 is 7.60 Å². The molecule has 0 bridgehead atoms. The third kappa shape index (κ3) is 21.1. The molecule has 0 aromatic rings. The Morgan fingerprint density at radius 3 is 1.07 bits per heavy atom.